The lowest BCUT2D eigenvalue weighted by Gasteiger charge is -2.17. The first-order valence-corrected chi connectivity index (χ1v) is 12.9. The quantitative estimate of drug-likeness (QED) is 0.194. The summed E-state index contributed by atoms with van der Waals surface area (Å²) in [7, 11) is 0. The monoisotopic (exact) mass is 534 g/mol. The van der Waals surface area contributed by atoms with Gasteiger partial charge in [0.05, 0.1) is 0 Å². The molecule has 0 saturated heterocycles. The van der Waals surface area contributed by atoms with Crippen LogP contribution in [0.5, 0.6) is 0 Å². The minimum absolute atomic E-state index is 0.0180. The Bertz CT molecular complexity index is 1050. The van der Waals surface area contributed by atoms with Crippen molar-refractivity contribution in [3.63, 3.8) is 0 Å². The molecule has 37 heavy (non-hydrogen) atoms. The summed E-state index contributed by atoms with van der Waals surface area (Å²) >= 11 is 1.57. The number of aliphatic carboxylic acids is 2. The first-order valence-electron chi connectivity index (χ1n) is 11.9. The maximum Gasteiger partial charge on any atom is 0.408 e. The van der Waals surface area contributed by atoms with E-state index in [9.17, 15) is 28.7 Å². The van der Waals surface area contributed by atoms with Gasteiger partial charge in [0.15, 0.2) is 0 Å². The van der Waals surface area contributed by atoms with Crippen molar-refractivity contribution >= 4 is 35.7 Å². The number of hydrogen-bond acceptors (Lipinski definition) is 6. The molecule has 0 spiro atoms. The van der Waals surface area contributed by atoms with Crippen molar-refractivity contribution in [2.45, 2.75) is 61.8 Å². The van der Waals surface area contributed by atoms with Crippen LogP contribution in [0.15, 0.2) is 53.4 Å². The molecular weight excluding hydrogens is 503 g/mol. The van der Waals surface area contributed by atoms with E-state index in [0.717, 1.165) is 10.5 Å². The fourth-order valence-corrected chi connectivity index (χ4v) is 4.15. The van der Waals surface area contributed by atoms with E-state index in [1.807, 2.05) is 12.1 Å². The van der Waals surface area contributed by atoms with Crippen molar-refractivity contribution in [1.82, 2.24) is 10.6 Å². The molecule has 2 atom stereocenters. The molecule has 2 amide bonds. The summed E-state index contributed by atoms with van der Waals surface area (Å²) in [6.07, 6.45) is -0.969. The first kappa shape index (κ1) is 29.6. The predicted molar refractivity (Wildman–Crippen MR) is 136 cm³/mol. The number of carboxylic acids is 2. The van der Waals surface area contributed by atoms with E-state index in [1.54, 1.807) is 43.0 Å². The Balaban J connectivity index is 1.70. The van der Waals surface area contributed by atoms with Crippen LogP contribution in [0.2, 0.25) is 0 Å². The van der Waals surface area contributed by atoms with E-state index < -0.39 is 30.2 Å². The van der Waals surface area contributed by atoms with Crippen LogP contribution in [0.25, 0.3) is 0 Å². The molecule has 11 heteroatoms. The molecular formula is C26H31FN2O7S. The molecule has 4 N–H and O–H groups in total. The van der Waals surface area contributed by atoms with Gasteiger partial charge in [-0.05, 0) is 67.6 Å². The number of unbranched alkanes of at least 4 members (excludes halogenated alkanes) is 1. The molecule has 0 unspecified atom stereocenters. The number of ether oxygens (including phenoxy) is 1. The van der Waals surface area contributed by atoms with E-state index in [4.69, 9.17) is 9.84 Å². The van der Waals surface area contributed by atoms with E-state index in [2.05, 4.69) is 10.6 Å². The average Bonchev–Trinajstić information content (AvgIpc) is 2.87. The van der Waals surface area contributed by atoms with Gasteiger partial charge in [-0.3, -0.25) is 4.79 Å². The third-order valence-electron chi connectivity index (χ3n) is 5.31. The van der Waals surface area contributed by atoms with Gasteiger partial charge in [0.1, 0.15) is 11.9 Å². The molecule has 0 aliphatic rings. The smallest absolute Gasteiger partial charge is 0.408 e. The molecule has 0 aromatic heterocycles. The van der Waals surface area contributed by atoms with Crippen molar-refractivity contribution in [3.8, 4) is 0 Å². The molecule has 200 valence electrons. The van der Waals surface area contributed by atoms with E-state index in [1.165, 1.54) is 12.1 Å². The molecule has 0 aliphatic heterocycles. The lowest BCUT2D eigenvalue weighted by molar-refractivity contribution is -0.147. The number of thioether (sulfide) groups is 1. The van der Waals surface area contributed by atoms with Gasteiger partial charge < -0.3 is 25.6 Å². The lowest BCUT2D eigenvalue weighted by atomic mass is 10.1. The third kappa shape index (κ3) is 10.9. The molecule has 9 nitrogen and oxygen atoms in total. The van der Waals surface area contributed by atoms with Gasteiger partial charge >= 0.3 is 18.0 Å². The largest absolute Gasteiger partial charge is 0.480 e. The van der Waals surface area contributed by atoms with Crippen LogP contribution in [0.4, 0.5) is 9.18 Å². The summed E-state index contributed by atoms with van der Waals surface area (Å²) in [4.78, 5) is 47.7. The van der Waals surface area contributed by atoms with Crippen molar-refractivity contribution < 1.29 is 38.5 Å². The molecule has 0 aliphatic carbocycles. The van der Waals surface area contributed by atoms with Gasteiger partial charge in [-0.1, -0.05) is 25.5 Å². The molecule has 2 aromatic carbocycles. The predicted octanol–water partition coefficient (Wildman–Crippen LogP) is 4.45. The number of amides is 2. The molecule has 0 saturated carbocycles. The van der Waals surface area contributed by atoms with Crippen molar-refractivity contribution in [3.05, 3.63) is 65.5 Å². The van der Waals surface area contributed by atoms with E-state index >= 15 is 0 Å². The van der Waals surface area contributed by atoms with Crippen LogP contribution in [-0.2, 0) is 20.1 Å². The Hall–Kier alpha value is -3.60. The lowest BCUT2D eigenvalue weighted by Crippen LogP contribution is -2.43. The summed E-state index contributed by atoms with van der Waals surface area (Å²) in [6, 6.07) is 12.2. The minimum Gasteiger partial charge on any atom is -0.480 e. The first-order chi connectivity index (χ1) is 17.7. The fourth-order valence-electron chi connectivity index (χ4n) is 3.29. The van der Waals surface area contributed by atoms with Gasteiger partial charge in [0.25, 0.3) is 5.91 Å². The topological polar surface area (TPSA) is 142 Å². The number of hydrogen-bond donors (Lipinski definition) is 4. The summed E-state index contributed by atoms with van der Waals surface area (Å²) in [5.74, 6) is -2.43. The van der Waals surface area contributed by atoms with Crippen molar-refractivity contribution in [2.24, 2.45) is 0 Å². The van der Waals surface area contributed by atoms with Gasteiger partial charge in [-0.2, -0.15) is 0 Å². The number of halogens is 1. The zero-order chi connectivity index (χ0) is 27.2. The Morgan fingerprint density at radius 2 is 1.62 bits per heavy atom. The van der Waals surface area contributed by atoms with Crippen LogP contribution < -0.4 is 10.6 Å². The highest BCUT2D eigenvalue weighted by molar-refractivity contribution is 7.98. The minimum atomic E-state index is -1.42. The summed E-state index contributed by atoms with van der Waals surface area (Å²) < 4.78 is 17.9. The Morgan fingerprint density at radius 1 is 0.946 bits per heavy atom. The fraction of sp³-hybridized carbons (Fsp3) is 0.385. The zero-order valence-electron chi connectivity index (χ0n) is 20.4. The Kier molecular flexibility index (Phi) is 12.4. The van der Waals surface area contributed by atoms with Crippen LogP contribution >= 0.6 is 11.8 Å². The standard InChI is InChI=1S/C26H31FN2O7S/c1-2-5-21(24(31)32)29-26(35)36-22(25(33)34)6-3-4-15-28-23(30)18-9-13-20(14-10-18)37-16-17-7-11-19(27)12-8-17/h7-14,21-22H,2-6,15-16H2,1H3,(H,28,30)(H,29,35)(H,31,32)(H,33,34)/t21-,22-/m0/s1. The highest BCUT2D eigenvalue weighted by Gasteiger charge is 2.25. The van der Waals surface area contributed by atoms with Gasteiger partial charge in [-0.15, -0.1) is 11.8 Å². The summed E-state index contributed by atoms with van der Waals surface area (Å²) in [5.41, 5.74) is 1.47. The van der Waals surface area contributed by atoms with Crippen molar-refractivity contribution in [1.29, 1.82) is 0 Å². The summed E-state index contributed by atoms with van der Waals surface area (Å²) in [5, 5.41) is 23.3. The van der Waals surface area contributed by atoms with Gasteiger partial charge in [0.2, 0.25) is 6.10 Å². The molecule has 2 aromatic rings. The third-order valence-corrected chi connectivity index (χ3v) is 6.39. The number of carbonyl (C=O) groups excluding carboxylic acids is 2. The van der Waals surface area contributed by atoms with Gasteiger partial charge in [0, 0.05) is 22.8 Å². The van der Waals surface area contributed by atoms with Crippen molar-refractivity contribution in [2.75, 3.05) is 6.54 Å². The number of carboxylic acid groups (broad SMARTS) is 2. The SMILES string of the molecule is CCC[C@H](NC(=O)O[C@@H](CCCCNC(=O)c1ccc(SCc2ccc(F)cc2)cc1)C(=O)O)C(=O)O. The van der Waals surface area contributed by atoms with Gasteiger partial charge in [-0.25, -0.2) is 18.8 Å². The Labute approximate surface area is 218 Å². The second kappa shape index (κ2) is 15.5. The number of alkyl carbamates (subject to hydrolysis) is 1. The van der Waals surface area contributed by atoms with Crippen LogP contribution in [0.1, 0.15) is 54.9 Å². The van der Waals surface area contributed by atoms with E-state index in [0.29, 0.717) is 37.1 Å². The number of rotatable bonds is 15. The van der Waals surface area contributed by atoms with Crippen LogP contribution in [-0.4, -0.2) is 52.8 Å². The molecule has 0 heterocycles. The second-order valence-corrected chi connectivity index (χ2v) is 9.30. The second-order valence-electron chi connectivity index (χ2n) is 8.25. The van der Waals surface area contributed by atoms with E-state index in [-0.39, 0.29) is 24.6 Å². The molecule has 2 rings (SSSR count). The maximum atomic E-state index is 13.0. The van der Waals surface area contributed by atoms with Crippen LogP contribution in [0.3, 0.4) is 0 Å². The highest BCUT2D eigenvalue weighted by atomic mass is 32.2. The molecule has 0 radical (unpaired) electrons. The zero-order valence-corrected chi connectivity index (χ0v) is 21.3. The molecule has 0 bridgehead atoms. The molecule has 0 fully saturated rings. The maximum absolute atomic E-state index is 13.0. The number of carbonyl (C=O) groups is 4. The Morgan fingerprint density at radius 3 is 2.22 bits per heavy atom. The highest BCUT2D eigenvalue weighted by Crippen LogP contribution is 2.23. The van der Waals surface area contributed by atoms with Crippen LogP contribution in [0, 0.1) is 5.82 Å². The summed E-state index contributed by atoms with van der Waals surface area (Å²) in [6.45, 7) is 2.06. The number of benzene rings is 2. The average molecular weight is 535 g/mol. The number of nitrogens with one attached hydrogen (secondary N) is 2. The normalized spacial score (nSPS) is 12.3.